The predicted molar refractivity (Wildman–Crippen MR) is 120 cm³/mol. The van der Waals surface area contributed by atoms with Crippen LogP contribution in [-0.4, -0.2) is 11.1 Å². The monoisotopic (exact) mass is 405 g/mol. The average molecular weight is 406 g/mol. The van der Waals surface area contributed by atoms with Crippen molar-refractivity contribution in [2.45, 2.75) is 60.3 Å². The van der Waals surface area contributed by atoms with Crippen molar-refractivity contribution < 1.29 is 14.1 Å². The molecule has 0 fully saturated rings. The molecule has 158 valence electrons. The summed E-state index contributed by atoms with van der Waals surface area (Å²) >= 11 is 0. The predicted octanol–water partition coefficient (Wildman–Crippen LogP) is 6.89. The van der Waals surface area contributed by atoms with Crippen LogP contribution in [0.5, 0.6) is 5.75 Å². The normalized spacial score (nSPS) is 12.1. The fraction of sp³-hybridized carbons (Fsp3) is 0.385. The van der Waals surface area contributed by atoms with Gasteiger partial charge in [0.15, 0.2) is 11.5 Å². The minimum Gasteiger partial charge on any atom is -0.422 e. The molecule has 1 heterocycles. The zero-order chi connectivity index (χ0) is 22.1. The molecule has 0 aliphatic rings. The van der Waals surface area contributed by atoms with Crippen molar-refractivity contribution in [3.63, 3.8) is 0 Å². The van der Waals surface area contributed by atoms with Crippen LogP contribution in [0.1, 0.15) is 68.2 Å². The lowest BCUT2D eigenvalue weighted by Gasteiger charge is -2.33. The van der Waals surface area contributed by atoms with E-state index in [-0.39, 0.29) is 16.5 Å². The summed E-state index contributed by atoms with van der Waals surface area (Å²) < 4.78 is 10.9. The van der Waals surface area contributed by atoms with Crippen molar-refractivity contribution in [3.8, 4) is 17.1 Å². The molecule has 0 bridgehead atoms. The van der Waals surface area contributed by atoms with E-state index in [1.807, 2.05) is 56.3 Å². The highest BCUT2D eigenvalue weighted by Crippen LogP contribution is 2.36. The highest BCUT2D eigenvalue weighted by molar-refractivity contribution is 5.90. The molecule has 30 heavy (non-hydrogen) atoms. The molecule has 0 unspecified atom stereocenters. The molecule has 3 rings (SSSR count). The van der Waals surface area contributed by atoms with E-state index in [0.717, 1.165) is 23.1 Å². The number of rotatable bonds is 5. The minimum atomic E-state index is -0.531. The maximum Gasteiger partial charge on any atom is 0.365 e. The Labute approximate surface area is 179 Å². The molecular weight excluding hydrogens is 374 g/mol. The van der Waals surface area contributed by atoms with E-state index >= 15 is 0 Å². The summed E-state index contributed by atoms with van der Waals surface area (Å²) in [5.74, 6) is 0.519. The van der Waals surface area contributed by atoms with Crippen LogP contribution in [0.4, 0.5) is 0 Å². The van der Waals surface area contributed by atoms with Crippen LogP contribution >= 0.6 is 0 Å². The van der Waals surface area contributed by atoms with Crippen LogP contribution in [0.15, 0.2) is 53.1 Å². The van der Waals surface area contributed by atoms with Crippen molar-refractivity contribution in [1.82, 2.24) is 5.16 Å². The number of ether oxygens (including phenoxy) is 1. The second-order valence-corrected chi connectivity index (χ2v) is 9.93. The van der Waals surface area contributed by atoms with Crippen LogP contribution in [-0.2, 0) is 5.41 Å². The number of aromatic nitrogens is 1. The van der Waals surface area contributed by atoms with Gasteiger partial charge >= 0.3 is 5.97 Å². The molecule has 0 saturated carbocycles. The van der Waals surface area contributed by atoms with Crippen LogP contribution in [0.2, 0.25) is 0 Å². The lowest BCUT2D eigenvalue weighted by Crippen LogP contribution is -2.24. The van der Waals surface area contributed by atoms with Gasteiger partial charge in [-0.3, -0.25) is 0 Å². The molecule has 0 amide bonds. The first-order valence-corrected chi connectivity index (χ1v) is 10.3. The summed E-state index contributed by atoms with van der Waals surface area (Å²) in [6.45, 7) is 15.2. The second kappa shape index (κ2) is 8.10. The summed E-state index contributed by atoms with van der Waals surface area (Å²) in [4.78, 5) is 12.5. The molecular formula is C26H31NO3. The smallest absolute Gasteiger partial charge is 0.365 e. The van der Waals surface area contributed by atoms with E-state index in [9.17, 15) is 4.79 Å². The Hall–Kier alpha value is -2.88. The van der Waals surface area contributed by atoms with Gasteiger partial charge in [0.25, 0.3) is 0 Å². The lowest BCUT2D eigenvalue weighted by atomic mass is 9.72. The van der Waals surface area contributed by atoms with Crippen molar-refractivity contribution in [1.29, 1.82) is 0 Å². The fourth-order valence-electron chi connectivity index (χ4n) is 4.06. The lowest BCUT2D eigenvalue weighted by molar-refractivity contribution is 0.0724. The van der Waals surface area contributed by atoms with E-state index in [2.05, 4.69) is 39.8 Å². The van der Waals surface area contributed by atoms with E-state index in [1.54, 1.807) is 6.07 Å². The zero-order valence-electron chi connectivity index (χ0n) is 19.0. The first-order valence-electron chi connectivity index (χ1n) is 10.3. The molecule has 0 atom stereocenters. The topological polar surface area (TPSA) is 52.3 Å². The van der Waals surface area contributed by atoms with Gasteiger partial charge in [0.05, 0.1) is 0 Å². The number of carbonyl (C=O) groups is 1. The van der Waals surface area contributed by atoms with Crippen molar-refractivity contribution >= 4 is 5.97 Å². The summed E-state index contributed by atoms with van der Waals surface area (Å²) in [5, 5.41) is 3.91. The van der Waals surface area contributed by atoms with Crippen molar-refractivity contribution in [2.24, 2.45) is 5.41 Å². The summed E-state index contributed by atoms with van der Waals surface area (Å²) in [7, 11) is 0. The summed E-state index contributed by atoms with van der Waals surface area (Å²) in [6, 6.07) is 15.4. The number of nitrogens with zero attached hydrogens (tertiary/aromatic N) is 1. The van der Waals surface area contributed by atoms with E-state index in [4.69, 9.17) is 9.26 Å². The Kier molecular flexibility index (Phi) is 5.89. The molecule has 0 aliphatic heterocycles. The number of aryl methyl sites for hydroxylation is 2. The van der Waals surface area contributed by atoms with E-state index < -0.39 is 5.97 Å². The maximum atomic E-state index is 12.5. The second-order valence-electron chi connectivity index (χ2n) is 9.93. The summed E-state index contributed by atoms with van der Waals surface area (Å²) in [6.07, 6.45) is 1.05. The fourth-order valence-corrected chi connectivity index (χ4v) is 4.06. The number of carbonyl (C=O) groups excluding carboxylic acids is 1. The zero-order valence-corrected chi connectivity index (χ0v) is 19.0. The molecule has 4 nitrogen and oxygen atoms in total. The molecule has 0 spiro atoms. The van der Waals surface area contributed by atoms with Gasteiger partial charge in [-0.2, -0.15) is 0 Å². The third kappa shape index (κ3) is 5.18. The molecule has 2 aromatic carbocycles. The Balaban J connectivity index is 1.73. The van der Waals surface area contributed by atoms with Gasteiger partial charge in [0.2, 0.25) is 0 Å². The SMILES string of the molecule is Cc1ccc(C)c(-c2cc(C(=O)Oc3ccc(C(C)(C)CC(C)(C)C)cc3)no2)c1. The quantitative estimate of drug-likeness (QED) is 0.342. The molecule has 4 heteroatoms. The van der Waals surface area contributed by atoms with Gasteiger partial charge in [-0.05, 0) is 60.4 Å². The first kappa shape index (κ1) is 21.8. The Morgan fingerprint density at radius 3 is 2.27 bits per heavy atom. The van der Waals surface area contributed by atoms with Crippen LogP contribution < -0.4 is 4.74 Å². The van der Waals surface area contributed by atoms with Crippen molar-refractivity contribution in [2.75, 3.05) is 0 Å². The van der Waals surface area contributed by atoms with Crippen molar-refractivity contribution in [3.05, 3.63) is 70.9 Å². The molecule has 0 saturated heterocycles. The number of hydrogen-bond acceptors (Lipinski definition) is 4. The molecule has 0 aliphatic carbocycles. The highest BCUT2D eigenvalue weighted by atomic mass is 16.5. The van der Waals surface area contributed by atoms with Gasteiger partial charge in [-0.15, -0.1) is 0 Å². The molecule has 3 aromatic rings. The molecule has 0 radical (unpaired) electrons. The number of benzene rings is 2. The molecule has 1 aromatic heterocycles. The van der Waals surface area contributed by atoms with E-state index in [1.165, 1.54) is 5.56 Å². The van der Waals surface area contributed by atoms with Gasteiger partial charge in [0, 0.05) is 11.6 Å². The highest BCUT2D eigenvalue weighted by Gasteiger charge is 2.27. The third-order valence-corrected chi connectivity index (χ3v) is 5.20. The van der Waals surface area contributed by atoms with Crippen LogP contribution in [0.3, 0.4) is 0 Å². The van der Waals surface area contributed by atoms with Crippen LogP contribution in [0, 0.1) is 19.3 Å². The average Bonchev–Trinajstić information content (AvgIpc) is 3.12. The maximum absolute atomic E-state index is 12.5. The minimum absolute atomic E-state index is 0.0352. The molecule has 0 N–H and O–H groups in total. The Bertz CT molecular complexity index is 1040. The number of esters is 1. The van der Waals surface area contributed by atoms with Gasteiger partial charge in [-0.1, -0.05) is 69.6 Å². The Morgan fingerprint density at radius 1 is 0.967 bits per heavy atom. The van der Waals surface area contributed by atoms with E-state index in [0.29, 0.717) is 11.5 Å². The largest absolute Gasteiger partial charge is 0.422 e. The van der Waals surface area contributed by atoms with Gasteiger partial charge in [0.1, 0.15) is 5.75 Å². The van der Waals surface area contributed by atoms with Gasteiger partial charge in [-0.25, -0.2) is 4.79 Å². The standard InChI is InChI=1S/C26H31NO3/c1-17-8-9-18(2)21(14-17)23-15-22(27-30-23)24(28)29-20-12-10-19(11-13-20)26(6,7)16-25(3,4)5/h8-15H,16H2,1-7H3. The number of hydrogen-bond donors (Lipinski definition) is 0. The van der Waals surface area contributed by atoms with Crippen LogP contribution in [0.25, 0.3) is 11.3 Å². The third-order valence-electron chi connectivity index (χ3n) is 5.20. The van der Waals surface area contributed by atoms with Gasteiger partial charge < -0.3 is 9.26 Å². The Morgan fingerprint density at radius 2 is 1.63 bits per heavy atom. The first-order chi connectivity index (χ1) is 13.9. The summed E-state index contributed by atoms with van der Waals surface area (Å²) in [5.41, 5.74) is 4.74.